The first-order chi connectivity index (χ1) is 8.97. The lowest BCUT2D eigenvalue weighted by molar-refractivity contribution is 0.0988. The summed E-state index contributed by atoms with van der Waals surface area (Å²) in [4.78, 5) is 11.8. The highest BCUT2D eigenvalue weighted by atomic mass is 19.2. The van der Waals surface area contributed by atoms with Gasteiger partial charge < -0.3 is 0 Å². The highest BCUT2D eigenvalue weighted by molar-refractivity contribution is 5.97. The molecule has 19 heavy (non-hydrogen) atoms. The monoisotopic (exact) mass is 268 g/mol. The fourth-order valence-corrected chi connectivity index (χ4v) is 1.66. The molecule has 0 atom stereocenters. The van der Waals surface area contributed by atoms with Crippen LogP contribution < -0.4 is 0 Å². The lowest BCUT2D eigenvalue weighted by Crippen LogP contribution is -2.08. The predicted octanol–water partition coefficient (Wildman–Crippen LogP) is 3.67. The van der Waals surface area contributed by atoms with Crippen molar-refractivity contribution in [2.75, 3.05) is 0 Å². The topological polar surface area (TPSA) is 17.1 Å². The molecule has 2 rings (SSSR count). The summed E-state index contributed by atoms with van der Waals surface area (Å²) < 4.78 is 52.0. The van der Waals surface area contributed by atoms with Gasteiger partial charge >= 0.3 is 0 Å². The van der Waals surface area contributed by atoms with Crippen molar-refractivity contribution >= 4 is 5.78 Å². The number of carbonyl (C=O) groups is 1. The minimum absolute atomic E-state index is 0.292. The lowest BCUT2D eigenvalue weighted by Gasteiger charge is -2.04. The van der Waals surface area contributed by atoms with Gasteiger partial charge in [0.2, 0.25) is 0 Å². The van der Waals surface area contributed by atoms with Gasteiger partial charge in [0.25, 0.3) is 0 Å². The Hall–Kier alpha value is -2.17. The summed E-state index contributed by atoms with van der Waals surface area (Å²) in [6.07, 6.45) is -0.292. The van der Waals surface area contributed by atoms with Crippen LogP contribution in [0.2, 0.25) is 0 Å². The second-order valence-electron chi connectivity index (χ2n) is 3.98. The molecule has 0 aliphatic rings. The zero-order chi connectivity index (χ0) is 14.0. The van der Waals surface area contributed by atoms with E-state index in [0.717, 1.165) is 6.07 Å². The van der Waals surface area contributed by atoms with Crippen molar-refractivity contribution in [1.29, 1.82) is 0 Å². The maximum absolute atomic E-state index is 13.4. The molecular weight excluding hydrogens is 260 g/mol. The van der Waals surface area contributed by atoms with Gasteiger partial charge in [-0.25, -0.2) is 17.6 Å². The molecule has 0 saturated heterocycles. The standard InChI is InChI=1S/C14H8F4O/c15-9-3-1-2-8(4-9)5-14(19)10-6-12(17)13(18)7-11(10)16/h1-4,6-7H,5H2. The predicted molar refractivity (Wildman–Crippen MR) is 60.8 cm³/mol. The van der Waals surface area contributed by atoms with Crippen LogP contribution in [-0.4, -0.2) is 5.78 Å². The summed E-state index contributed by atoms with van der Waals surface area (Å²) in [6.45, 7) is 0. The SMILES string of the molecule is O=C(Cc1cccc(F)c1)c1cc(F)c(F)cc1F. The molecule has 0 N–H and O–H groups in total. The molecule has 2 aromatic carbocycles. The highest BCUT2D eigenvalue weighted by Gasteiger charge is 2.16. The molecule has 2 aromatic rings. The second-order valence-corrected chi connectivity index (χ2v) is 3.98. The van der Waals surface area contributed by atoms with Gasteiger partial charge in [-0.15, -0.1) is 0 Å². The summed E-state index contributed by atoms with van der Waals surface area (Å²) >= 11 is 0. The van der Waals surface area contributed by atoms with E-state index in [-0.39, 0.29) is 6.42 Å². The summed E-state index contributed by atoms with van der Waals surface area (Å²) in [5.41, 5.74) is -0.225. The molecular formula is C14H8F4O. The first-order valence-electron chi connectivity index (χ1n) is 5.39. The number of rotatable bonds is 3. The molecule has 0 saturated carbocycles. The van der Waals surface area contributed by atoms with E-state index in [1.165, 1.54) is 18.2 Å². The third kappa shape index (κ3) is 2.99. The zero-order valence-corrected chi connectivity index (χ0v) is 9.59. The Kier molecular flexibility index (Phi) is 3.64. The largest absolute Gasteiger partial charge is 0.294 e. The average Bonchev–Trinajstić information content (AvgIpc) is 2.33. The Labute approximate surface area is 106 Å². The van der Waals surface area contributed by atoms with E-state index in [0.29, 0.717) is 17.7 Å². The van der Waals surface area contributed by atoms with E-state index in [1.54, 1.807) is 0 Å². The molecule has 0 heterocycles. The first kappa shape index (κ1) is 13.3. The van der Waals surface area contributed by atoms with Crippen molar-refractivity contribution < 1.29 is 22.4 Å². The van der Waals surface area contributed by atoms with Gasteiger partial charge in [-0.05, 0) is 23.8 Å². The molecule has 1 nitrogen and oxygen atoms in total. The Morgan fingerprint density at radius 1 is 0.895 bits per heavy atom. The minimum atomic E-state index is -1.36. The van der Waals surface area contributed by atoms with Crippen molar-refractivity contribution in [3.63, 3.8) is 0 Å². The van der Waals surface area contributed by atoms with E-state index in [2.05, 4.69) is 0 Å². The van der Waals surface area contributed by atoms with Crippen molar-refractivity contribution in [3.8, 4) is 0 Å². The Morgan fingerprint density at radius 2 is 1.58 bits per heavy atom. The molecule has 0 radical (unpaired) electrons. The maximum Gasteiger partial charge on any atom is 0.170 e. The Morgan fingerprint density at radius 3 is 2.26 bits per heavy atom. The molecule has 98 valence electrons. The van der Waals surface area contributed by atoms with Gasteiger partial charge in [-0.1, -0.05) is 12.1 Å². The quantitative estimate of drug-likeness (QED) is 0.471. The average molecular weight is 268 g/mol. The number of ketones is 1. The van der Waals surface area contributed by atoms with Gasteiger partial charge in [-0.3, -0.25) is 4.79 Å². The normalized spacial score (nSPS) is 10.5. The second kappa shape index (κ2) is 5.22. The zero-order valence-electron chi connectivity index (χ0n) is 9.59. The van der Waals surface area contributed by atoms with Gasteiger partial charge in [-0.2, -0.15) is 0 Å². The minimum Gasteiger partial charge on any atom is -0.294 e. The van der Waals surface area contributed by atoms with Crippen LogP contribution in [0.1, 0.15) is 15.9 Å². The molecule has 0 aromatic heterocycles. The molecule has 0 spiro atoms. The van der Waals surface area contributed by atoms with E-state index in [4.69, 9.17) is 0 Å². The van der Waals surface area contributed by atoms with Gasteiger partial charge in [0.15, 0.2) is 17.4 Å². The van der Waals surface area contributed by atoms with Crippen LogP contribution in [0, 0.1) is 23.3 Å². The maximum atomic E-state index is 13.4. The van der Waals surface area contributed by atoms with Crippen molar-refractivity contribution in [2.45, 2.75) is 6.42 Å². The molecule has 0 amide bonds. The van der Waals surface area contributed by atoms with Crippen LogP contribution >= 0.6 is 0 Å². The lowest BCUT2D eigenvalue weighted by atomic mass is 10.0. The Balaban J connectivity index is 2.28. The van der Waals surface area contributed by atoms with Crippen LogP contribution in [-0.2, 0) is 6.42 Å². The summed E-state index contributed by atoms with van der Waals surface area (Å²) in [7, 11) is 0. The fourth-order valence-electron chi connectivity index (χ4n) is 1.66. The van der Waals surface area contributed by atoms with Crippen LogP contribution in [0.3, 0.4) is 0 Å². The van der Waals surface area contributed by atoms with Crippen molar-refractivity contribution in [1.82, 2.24) is 0 Å². The molecule has 5 heteroatoms. The molecule has 0 aliphatic heterocycles. The van der Waals surface area contributed by atoms with Crippen molar-refractivity contribution in [3.05, 3.63) is 70.8 Å². The molecule has 0 aliphatic carbocycles. The number of hydrogen-bond donors (Lipinski definition) is 0. The van der Waals surface area contributed by atoms with Crippen LogP contribution in [0.4, 0.5) is 17.6 Å². The molecule has 0 bridgehead atoms. The van der Waals surface area contributed by atoms with E-state index in [9.17, 15) is 22.4 Å². The third-order valence-electron chi connectivity index (χ3n) is 2.56. The number of benzene rings is 2. The van der Waals surface area contributed by atoms with E-state index < -0.39 is 34.6 Å². The number of Topliss-reactive ketones (excluding diaryl/α,β-unsaturated/α-hetero) is 1. The van der Waals surface area contributed by atoms with Crippen LogP contribution in [0.5, 0.6) is 0 Å². The number of carbonyl (C=O) groups excluding carboxylic acids is 1. The van der Waals surface area contributed by atoms with Gasteiger partial charge in [0.1, 0.15) is 11.6 Å². The first-order valence-corrected chi connectivity index (χ1v) is 5.39. The molecule has 0 unspecified atom stereocenters. The molecule has 0 fully saturated rings. The van der Waals surface area contributed by atoms with E-state index in [1.807, 2.05) is 0 Å². The highest BCUT2D eigenvalue weighted by Crippen LogP contribution is 2.16. The number of halogens is 4. The third-order valence-corrected chi connectivity index (χ3v) is 2.56. The van der Waals surface area contributed by atoms with Gasteiger partial charge in [0.05, 0.1) is 5.56 Å². The summed E-state index contributed by atoms with van der Waals surface area (Å²) in [5, 5.41) is 0. The van der Waals surface area contributed by atoms with Crippen LogP contribution in [0.15, 0.2) is 36.4 Å². The fraction of sp³-hybridized carbons (Fsp3) is 0.0714. The smallest absolute Gasteiger partial charge is 0.170 e. The number of hydrogen-bond acceptors (Lipinski definition) is 1. The van der Waals surface area contributed by atoms with Gasteiger partial charge in [0, 0.05) is 12.5 Å². The van der Waals surface area contributed by atoms with E-state index >= 15 is 0 Å². The van der Waals surface area contributed by atoms with Crippen molar-refractivity contribution in [2.24, 2.45) is 0 Å². The Bertz CT molecular complexity index is 637. The summed E-state index contributed by atoms with van der Waals surface area (Å²) in [5.74, 6) is -5.08. The summed E-state index contributed by atoms with van der Waals surface area (Å²) in [6, 6.07) is 6.03. The van der Waals surface area contributed by atoms with Crippen LogP contribution in [0.25, 0.3) is 0 Å².